The number of methoxy groups -OCH3 is 1. The highest BCUT2D eigenvalue weighted by Gasteiger charge is 2.40. The molecular formula is C28H30N2O5S. The van der Waals surface area contributed by atoms with E-state index in [1.54, 1.807) is 12.0 Å². The highest BCUT2D eigenvalue weighted by molar-refractivity contribution is 7.99. The van der Waals surface area contributed by atoms with Crippen molar-refractivity contribution in [1.82, 2.24) is 5.32 Å². The van der Waals surface area contributed by atoms with E-state index in [0.29, 0.717) is 31.2 Å². The average molecular weight is 507 g/mol. The number of nitrogens with zero attached hydrogens (tertiary/aromatic N) is 1. The van der Waals surface area contributed by atoms with E-state index in [4.69, 9.17) is 14.2 Å². The Kier molecular flexibility index (Phi) is 8.51. The molecule has 188 valence electrons. The molecule has 7 nitrogen and oxygen atoms in total. The molecule has 3 aromatic rings. The first kappa shape index (κ1) is 25.6. The van der Waals surface area contributed by atoms with Gasteiger partial charge in [-0.05, 0) is 48.5 Å². The van der Waals surface area contributed by atoms with E-state index >= 15 is 0 Å². The van der Waals surface area contributed by atoms with E-state index in [0.717, 1.165) is 21.7 Å². The molecule has 0 aliphatic carbocycles. The van der Waals surface area contributed by atoms with Crippen LogP contribution in [-0.2, 0) is 20.9 Å². The summed E-state index contributed by atoms with van der Waals surface area (Å²) in [5.41, 5.74) is 2.69. The first-order valence-corrected chi connectivity index (χ1v) is 12.6. The number of hydrogen-bond donors (Lipinski definition) is 1. The van der Waals surface area contributed by atoms with Crippen molar-refractivity contribution in [3.63, 3.8) is 0 Å². The standard InChI is InChI=1S/C28H30N2O5S/c1-19(31)35-26-27(21-9-11-22(33-3)12-10-21)36-25-17-23(34-18-20-7-5-4-6-8-20)13-14-24(25)30(28(26)32)16-15-29-2/h4-14,17,26-27,29H,15-16,18H2,1-3H3/t26-,27+/m0/s1. The summed E-state index contributed by atoms with van der Waals surface area (Å²) in [4.78, 5) is 28.4. The second-order valence-electron chi connectivity index (χ2n) is 8.34. The molecule has 0 unspecified atom stereocenters. The van der Waals surface area contributed by atoms with Crippen LogP contribution in [0.4, 0.5) is 5.69 Å². The maximum Gasteiger partial charge on any atom is 0.303 e. The number of carbonyl (C=O) groups is 2. The number of esters is 1. The van der Waals surface area contributed by atoms with Gasteiger partial charge in [-0.15, -0.1) is 11.8 Å². The normalized spacial score (nSPS) is 17.2. The Morgan fingerprint density at radius 3 is 2.42 bits per heavy atom. The minimum atomic E-state index is -0.987. The SMILES string of the molecule is CNCCN1C(=O)[C@@H](OC(C)=O)[C@@H](c2ccc(OC)cc2)Sc2cc(OCc3ccccc3)ccc21. The number of rotatable bonds is 9. The number of ether oxygens (including phenoxy) is 3. The predicted molar refractivity (Wildman–Crippen MR) is 141 cm³/mol. The van der Waals surface area contributed by atoms with Crippen molar-refractivity contribution in [3.05, 3.63) is 83.9 Å². The van der Waals surface area contributed by atoms with E-state index in [1.807, 2.05) is 79.8 Å². The largest absolute Gasteiger partial charge is 0.497 e. The number of carbonyl (C=O) groups excluding carboxylic acids is 2. The summed E-state index contributed by atoms with van der Waals surface area (Å²) in [5.74, 6) is 0.648. The molecule has 1 heterocycles. The molecule has 1 N–H and O–H groups in total. The van der Waals surface area contributed by atoms with Gasteiger partial charge in [-0.25, -0.2) is 0 Å². The van der Waals surface area contributed by atoms with Gasteiger partial charge >= 0.3 is 5.97 Å². The van der Waals surface area contributed by atoms with Crippen LogP contribution in [0.2, 0.25) is 0 Å². The van der Waals surface area contributed by atoms with Gasteiger partial charge in [-0.3, -0.25) is 9.59 Å². The van der Waals surface area contributed by atoms with Gasteiger partial charge in [0, 0.05) is 24.9 Å². The van der Waals surface area contributed by atoms with E-state index < -0.39 is 17.3 Å². The molecule has 1 aliphatic heterocycles. The summed E-state index contributed by atoms with van der Waals surface area (Å²) in [6, 6.07) is 23.2. The third-order valence-corrected chi connectivity index (χ3v) is 7.19. The molecule has 8 heteroatoms. The summed E-state index contributed by atoms with van der Waals surface area (Å²) in [6.07, 6.45) is -0.987. The molecule has 36 heavy (non-hydrogen) atoms. The van der Waals surface area contributed by atoms with Crippen LogP contribution in [0.15, 0.2) is 77.7 Å². The number of thioether (sulfide) groups is 1. The zero-order valence-electron chi connectivity index (χ0n) is 20.6. The quantitative estimate of drug-likeness (QED) is 0.425. The second-order valence-corrected chi connectivity index (χ2v) is 9.52. The van der Waals surface area contributed by atoms with Crippen molar-refractivity contribution < 1.29 is 23.8 Å². The minimum absolute atomic E-state index is 0.259. The minimum Gasteiger partial charge on any atom is -0.497 e. The van der Waals surface area contributed by atoms with Crippen LogP contribution in [0.5, 0.6) is 11.5 Å². The fourth-order valence-electron chi connectivity index (χ4n) is 4.02. The van der Waals surface area contributed by atoms with Gasteiger partial charge in [0.1, 0.15) is 18.1 Å². The second kappa shape index (κ2) is 12.0. The highest BCUT2D eigenvalue weighted by atomic mass is 32.2. The van der Waals surface area contributed by atoms with Crippen molar-refractivity contribution in [2.24, 2.45) is 0 Å². The molecule has 0 spiro atoms. The highest BCUT2D eigenvalue weighted by Crippen LogP contribution is 2.48. The van der Waals surface area contributed by atoms with Gasteiger partial charge in [0.15, 0.2) is 6.10 Å². The smallest absolute Gasteiger partial charge is 0.303 e. The molecule has 0 saturated carbocycles. The zero-order chi connectivity index (χ0) is 25.5. The number of benzene rings is 3. The van der Waals surface area contributed by atoms with E-state index in [9.17, 15) is 9.59 Å². The Morgan fingerprint density at radius 2 is 1.75 bits per heavy atom. The molecule has 0 aromatic heterocycles. The molecular weight excluding hydrogens is 476 g/mol. The molecule has 4 rings (SSSR count). The van der Waals surface area contributed by atoms with E-state index in [2.05, 4.69) is 5.32 Å². The Labute approximate surface area is 215 Å². The van der Waals surface area contributed by atoms with E-state index in [1.165, 1.54) is 18.7 Å². The van der Waals surface area contributed by atoms with Gasteiger partial charge in [-0.2, -0.15) is 0 Å². The van der Waals surface area contributed by atoms with Crippen LogP contribution in [0.3, 0.4) is 0 Å². The Morgan fingerprint density at radius 1 is 1.03 bits per heavy atom. The lowest BCUT2D eigenvalue weighted by molar-refractivity contribution is -0.152. The van der Waals surface area contributed by atoms with Crippen molar-refractivity contribution in [2.75, 3.05) is 32.1 Å². The van der Waals surface area contributed by atoms with Crippen LogP contribution in [-0.4, -0.2) is 45.2 Å². The number of hydrogen-bond acceptors (Lipinski definition) is 7. The van der Waals surface area contributed by atoms with Crippen LogP contribution in [0.25, 0.3) is 0 Å². The van der Waals surface area contributed by atoms with Gasteiger partial charge in [0.25, 0.3) is 5.91 Å². The molecule has 1 amide bonds. The molecule has 2 atom stereocenters. The summed E-state index contributed by atoms with van der Waals surface area (Å²) >= 11 is 1.49. The lowest BCUT2D eigenvalue weighted by Gasteiger charge is -2.27. The van der Waals surface area contributed by atoms with Gasteiger partial charge < -0.3 is 24.4 Å². The molecule has 1 aliphatic rings. The maximum absolute atomic E-state index is 13.8. The predicted octanol–water partition coefficient (Wildman–Crippen LogP) is 4.61. The van der Waals surface area contributed by atoms with Gasteiger partial charge in [0.05, 0.1) is 18.0 Å². The van der Waals surface area contributed by atoms with Crippen LogP contribution in [0.1, 0.15) is 23.3 Å². The monoisotopic (exact) mass is 506 g/mol. The summed E-state index contributed by atoms with van der Waals surface area (Å²) < 4.78 is 17.0. The lowest BCUT2D eigenvalue weighted by Crippen LogP contribution is -2.45. The number of anilines is 1. The Bertz CT molecular complexity index is 1190. The summed E-state index contributed by atoms with van der Waals surface area (Å²) in [6.45, 7) is 2.78. The average Bonchev–Trinajstić information content (AvgIpc) is 3.01. The van der Waals surface area contributed by atoms with E-state index in [-0.39, 0.29) is 5.91 Å². The van der Waals surface area contributed by atoms with Gasteiger partial charge in [-0.1, -0.05) is 42.5 Å². The first-order chi connectivity index (χ1) is 17.5. The molecule has 0 bridgehead atoms. The first-order valence-electron chi connectivity index (χ1n) is 11.7. The zero-order valence-corrected chi connectivity index (χ0v) is 21.4. The van der Waals surface area contributed by atoms with Crippen molar-refractivity contribution >= 4 is 29.3 Å². The third-order valence-electron chi connectivity index (χ3n) is 5.83. The molecule has 3 aromatic carbocycles. The molecule has 0 saturated heterocycles. The lowest BCUT2D eigenvalue weighted by atomic mass is 10.1. The number of likely N-dealkylation sites (N-methyl/N-ethyl adjacent to an activating group) is 1. The number of nitrogens with one attached hydrogen (secondary N) is 1. The number of fused-ring (bicyclic) bond motifs is 1. The fourth-order valence-corrected chi connectivity index (χ4v) is 5.37. The van der Waals surface area contributed by atoms with Crippen LogP contribution >= 0.6 is 11.8 Å². The van der Waals surface area contributed by atoms with Crippen LogP contribution < -0.4 is 19.7 Å². The summed E-state index contributed by atoms with van der Waals surface area (Å²) in [5, 5.41) is 2.65. The van der Waals surface area contributed by atoms with Crippen LogP contribution in [0, 0.1) is 0 Å². The fraction of sp³-hybridized carbons (Fsp3) is 0.286. The molecule has 0 fully saturated rings. The maximum atomic E-state index is 13.8. The van der Waals surface area contributed by atoms with Crippen molar-refractivity contribution in [3.8, 4) is 11.5 Å². The van der Waals surface area contributed by atoms with Crippen molar-refractivity contribution in [1.29, 1.82) is 0 Å². The number of amides is 1. The topological polar surface area (TPSA) is 77.1 Å². The Hall–Kier alpha value is -3.49. The molecule has 0 radical (unpaired) electrons. The Balaban J connectivity index is 1.72. The third kappa shape index (κ3) is 6.01. The van der Waals surface area contributed by atoms with Crippen molar-refractivity contribution in [2.45, 2.75) is 29.8 Å². The summed E-state index contributed by atoms with van der Waals surface area (Å²) in [7, 11) is 3.44. The van der Waals surface area contributed by atoms with Gasteiger partial charge in [0.2, 0.25) is 0 Å².